The average molecular weight is 588 g/mol. The number of halogens is 1. The standard InChI is InChI=1S/C28H36ClN5O5.C2H6/c1-16-15-18(29)23(17-11-12-28(2,3)21(16)17)39-20-10-9-19(38-20)24(35)31-22-25(36-6)32-27(33-26(22)37-7)30-13-8-14-34(4)5;1-2/h9-10,15H,8,11-14H2,1-7H3,(H,31,35)(H,30,32,33);1-2H3. The molecule has 1 aliphatic carbocycles. The lowest BCUT2D eigenvalue weighted by molar-refractivity contribution is 0.0990. The summed E-state index contributed by atoms with van der Waals surface area (Å²) in [5.74, 6) is 0.842. The number of nitrogens with zero attached hydrogens (tertiary/aromatic N) is 3. The number of aryl methyl sites for hydroxylation is 1. The number of hydrogen-bond donors (Lipinski definition) is 2. The molecule has 0 saturated carbocycles. The van der Waals surface area contributed by atoms with Crippen LogP contribution in [-0.2, 0) is 11.8 Å². The zero-order valence-corrected chi connectivity index (χ0v) is 26.3. The monoisotopic (exact) mass is 587 g/mol. The number of methoxy groups -OCH3 is 2. The minimum atomic E-state index is -0.543. The van der Waals surface area contributed by atoms with Crippen LogP contribution in [-0.4, -0.2) is 62.2 Å². The van der Waals surface area contributed by atoms with Crippen LogP contribution in [0, 0.1) is 6.92 Å². The number of anilines is 2. The van der Waals surface area contributed by atoms with Crippen molar-refractivity contribution in [1.29, 1.82) is 0 Å². The van der Waals surface area contributed by atoms with E-state index in [1.807, 2.05) is 34.0 Å². The van der Waals surface area contributed by atoms with Gasteiger partial charge in [-0.05, 0) is 75.5 Å². The van der Waals surface area contributed by atoms with Crippen LogP contribution in [0.1, 0.15) is 67.8 Å². The molecular weight excluding hydrogens is 546 g/mol. The van der Waals surface area contributed by atoms with Gasteiger partial charge in [-0.15, -0.1) is 0 Å². The van der Waals surface area contributed by atoms with Crippen molar-refractivity contribution in [2.75, 3.05) is 52.0 Å². The zero-order chi connectivity index (χ0) is 30.3. The Hall–Kier alpha value is -3.50. The van der Waals surface area contributed by atoms with Gasteiger partial charge in [0.05, 0.1) is 19.2 Å². The van der Waals surface area contributed by atoms with E-state index in [0.29, 0.717) is 23.3 Å². The van der Waals surface area contributed by atoms with E-state index in [2.05, 4.69) is 46.3 Å². The van der Waals surface area contributed by atoms with Crippen LogP contribution in [0.2, 0.25) is 5.02 Å². The summed E-state index contributed by atoms with van der Waals surface area (Å²) >= 11 is 6.57. The Balaban J connectivity index is 0.00000226. The normalized spacial score (nSPS) is 13.2. The Morgan fingerprint density at radius 1 is 1.15 bits per heavy atom. The highest BCUT2D eigenvalue weighted by molar-refractivity contribution is 6.32. The molecule has 2 N–H and O–H groups in total. The smallest absolute Gasteiger partial charge is 0.291 e. The summed E-state index contributed by atoms with van der Waals surface area (Å²) in [6.07, 6.45) is 2.76. The summed E-state index contributed by atoms with van der Waals surface area (Å²) in [5, 5.41) is 6.39. The van der Waals surface area contributed by atoms with Crippen molar-refractivity contribution in [3.05, 3.63) is 45.7 Å². The Bertz CT molecular complexity index is 1330. The summed E-state index contributed by atoms with van der Waals surface area (Å²) in [6, 6.07) is 5.03. The molecule has 0 unspecified atom stereocenters. The number of carbonyl (C=O) groups excluding carboxylic acids is 1. The van der Waals surface area contributed by atoms with Crippen LogP contribution in [0.4, 0.5) is 11.6 Å². The van der Waals surface area contributed by atoms with Gasteiger partial charge in [-0.3, -0.25) is 4.79 Å². The van der Waals surface area contributed by atoms with Gasteiger partial charge in [-0.1, -0.05) is 39.3 Å². The molecule has 0 saturated heterocycles. The van der Waals surface area contributed by atoms with E-state index in [0.717, 1.165) is 36.9 Å². The van der Waals surface area contributed by atoms with E-state index in [-0.39, 0.29) is 34.6 Å². The third-order valence-corrected chi connectivity index (χ3v) is 7.03. The van der Waals surface area contributed by atoms with E-state index in [4.69, 9.17) is 30.2 Å². The largest absolute Gasteiger partial charge is 0.479 e. The van der Waals surface area contributed by atoms with Crippen LogP contribution >= 0.6 is 11.6 Å². The second-order valence-corrected chi connectivity index (χ2v) is 10.8. The van der Waals surface area contributed by atoms with Crippen molar-refractivity contribution >= 4 is 29.1 Å². The van der Waals surface area contributed by atoms with Crippen LogP contribution < -0.4 is 24.8 Å². The molecule has 2 heterocycles. The van der Waals surface area contributed by atoms with Gasteiger partial charge in [-0.2, -0.15) is 9.97 Å². The lowest BCUT2D eigenvalue weighted by atomic mass is 9.84. The maximum Gasteiger partial charge on any atom is 0.291 e. The second kappa shape index (κ2) is 13.9. The summed E-state index contributed by atoms with van der Waals surface area (Å²) < 4.78 is 22.7. The first-order valence-corrected chi connectivity index (χ1v) is 14.2. The van der Waals surface area contributed by atoms with Crippen molar-refractivity contribution in [2.45, 2.75) is 59.3 Å². The maximum atomic E-state index is 13.1. The Morgan fingerprint density at radius 2 is 1.80 bits per heavy atom. The van der Waals surface area contributed by atoms with Crippen molar-refractivity contribution in [3.8, 4) is 23.5 Å². The molecule has 41 heavy (non-hydrogen) atoms. The van der Waals surface area contributed by atoms with Crippen LogP contribution in [0.15, 0.2) is 22.6 Å². The topological polar surface area (TPSA) is 111 Å². The number of fused-ring (bicyclic) bond motifs is 1. The molecule has 4 rings (SSSR count). The SMILES string of the molecule is CC.COc1nc(NCCCN(C)C)nc(OC)c1NC(=O)c1ccc(Oc2c(Cl)cc(C)c3c2CCC3(C)C)o1. The summed E-state index contributed by atoms with van der Waals surface area (Å²) in [7, 11) is 6.94. The molecule has 1 aliphatic rings. The van der Waals surface area contributed by atoms with E-state index in [9.17, 15) is 4.79 Å². The molecular formula is C30H42ClN5O5. The van der Waals surface area contributed by atoms with Crippen LogP contribution in [0.25, 0.3) is 0 Å². The van der Waals surface area contributed by atoms with Crippen molar-refractivity contribution in [2.24, 2.45) is 0 Å². The molecule has 11 heteroatoms. The number of ether oxygens (including phenoxy) is 3. The van der Waals surface area contributed by atoms with E-state index in [1.165, 1.54) is 25.8 Å². The molecule has 10 nitrogen and oxygen atoms in total. The highest BCUT2D eigenvalue weighted by Gasteiger charge is 2.35. The molecule has 1 aromatic carbocycles. The van der Waals surface area contributed by atoms with Gasteiger partial charge in [0.15, 0.2) is 17.2 Å². The number of furan rings is 1. The zero-order valence-electron chi connectivity index (χ0n) is 25.5. The molecule has 0 fully saturated rings. The highest BCUT2D eigenvalue weighted by atomic mass is 35.5. The number of aromatic nitrogens is 2. The van der Waals surface area contributed by atoms with Gasteiger partial charge in [0.1, 0.15) is 0 Å². The summed E-state index contributed by atoms with van der Waals surface area (Å²) in [6.45, 7) is 12.1. The number of hydrogen-bond acceptors (Lipinski definition) is 9. The number of benzene rings is 1. The average Bonchev–Trinajstić information content (AvgIpc) is 3.54. The van der Waals surface area contributed by atoms with Crippen LogP contribution in [0.3, 0.4) is 0 Å². The first-order chi connectivity index (χ1) is 19.5. The van der Waals surface area contributed by atoms with Gasteiger partial charge in [-0.25, -0.2) is 0 Å². The van der Waals surface area contributed by atoms with Crippen molar-refractivity contribution < 1.29 is 23.4 Å². The van der Waals surface area contributed by atoms with Crippen LogP contribution in [0.5, 0.6) is 23.5 Å². The molecule has 224 valence electrons. The minimum absolute atomic E-state index is 0.0280. The molecule has 0 spiro atoms. The number of carbonyl (C=O) groups is 1. The molecule has 0 aliphatic heterocycles. The predicted molar refractivity (Wildman–Crippen MR) is 162 cm³/mol. The van der Waals surface area contributed by atoms with Gasteiger partial charge < -0.3 is 34.2 Å². The minimum Gasteiger partial charge on any atom is -0.479 e. The first kappa shape index (κ1) is 32.0. The molecule has 1 amide bonds. The Morgan fingerprint density at radius 3 is 2.41 bits per heavy atom. The van der Waals surface area contributed by atoms with Crippen molar-refractivity contribution in [1.82, 2.24) is 14.9 Å². The highest BCUT2D eigenvalue weighted by Crippen LogP contribution is 2.48. The van der Waals surface area contributed by atoms with Gasteiger partial charge in [0, 0.05) is 18.2 Å². The summed E-state index contributed by atoms with van der Waals surface area (Å²) in [4.78, 5) is 23.9. The Kier molecular flexibility index (Phi) is 10.9. The molecule has 2 aromatic heterocycles. The fourth-order valence-electron chi connectivity index (χ4n) is 4.95. The van der Waals surface area contributed by atoms with Gasteiger partial charge in [0.2, 0.25) is 17.7 Å². The van der Waals surface area contributed by atoms with Gasteiger partial charge in [0.25, 0.3) is 11.9 Å². The van der Waals surface area contributed by atoms with Crippen molar-refractivity contribution in [3.63, 3.8) is 0 Å². The lowest BCUT2D eigenvalue weighted by Crippen LogP contribution is -2.18. The fourth-order valence-corrected chi connectivity index (χ4v) is 5.26. The molecule has 0 radical (unpaired) electrons. The van der Waals surface area contributed by atoms with Gasteiger partial charge >= 0.3 is 0 Å². The third kappa shape index (κ3) is 7.42. The quantitative estimate of drug-likeness (QED) is 0.236. The molecule has 3 aromatic rings. The second-order valence-electron chi connectivity index (χ2n) is 10.4. The maximum absolute atomic E-state index is 13.1. The lowest BCUT2D eigenvalue weighted by Gasteiger charge is -2.22. The first-order valence-electron chi connectivity index (χ1n) is 13.8. The predicted octanol–water partition coefficient (Wildman–Crippen LogP) is 6.71. The number of nitrogens with one attached hydrogen (secondary N) is 2. The van der Waals surface area contributed by atoms with E-state index < -0.39 is 5.91 Å². The number of amides is 1. The van der Waals surface area contributed by atoms with E-state index in [1.54, 1.807) is 6.07 Å². The third-order valence-electron chi connectivity index (χ3n) is 6.75. The molecule has 0 atom stereocenters. The molecule has 0 bridgehead atoms. The number of rotatable bonds is 11. The van der Waals surface area contributed by atoms with E-state index >= 15 is 0 Å². The fraction of sp³-hybridized carbons (Fsp3) is 0.500. The summed E-state index contributed by atoms with van der Waals surface area (Å²) in [5.41, 5.74) is 3.69. The Labute approximate surface area is 247 Å².